The van der Waals surface area contributed by atoms with Gasteiger partial charge in [0.1, 0.15) is 5.82 Å². The average Bonchev–Trinajstić information content (AvgIpc) is 3.15. The fourth-order valence-electron chi connectivity index (χ4n) is 3.12. The maximum atomic E-state index is 13.2. The first-order valence-electron chi connectivity index (χ1n) is 9.00. The second-order valence-corrected chi connectivity index (χ2v) is 8.89. The molecule has 1 heterocycles. The zero-order chi connectivity index (χ0) is 19.4. The fourth-order valence-corrected chi connectivity index (χ4v) is 4.58. The van der Waals surface area contributed by atoms with Gasteiger partial charge in [0.15, 0.2) is 0 Å². The average molecular weight is 392 g/mol. The van der Waals surface area contributed by atoms with Crippen molar-refractivity contribution in [3.8, 4) is 0 Å². The number of rotatable bonds is 7. The molecule has 0 N–H and O–H groups in total. The van der Waals surface area contributed by atoms with E-state index in [0.717, 1.165) is 24.1 Å². The monoisotopic (exact) mass is 392 g/mol. The van der Waals surface area contributed by atoms with Crippen LogP contribution < -0.4 is 4.90 Å². The molecule has 5 nitrogen and oxygen atoms in total. The summed E-state index contributed by atoms with van der Waals surface area (Å²) in [6.45, 7) is 1.19. The zero-order valence-electron chi connectivity index (χ0n) is 15.6. The Labute approximate surface area is 160 Å². The number of hydrogen-bond acceptors (Lipinski definition) is 4. The molecule has 0 spiro atoms. The third kappa shape index (κ3) is 4.86. The minimum absolute atomic E-state index is 0.0896. The molecule has 27 heavy (non-hydrogen) atoms. The Morgan fingerprint density at radius 2 is 1.74 bits per heavy atom. The molecule has 2 aromatic rings. The second kappa shape index (κ2) is 8.37. The summed E-state index contributed by atoms with van der Waals surface area (Å²) in [7, 11) is 0.158. The lowest BCUT2D eigenvalue weighted by atomic mass is 10.2. The smallest absolute Gasteiger partial charge is 0.243 e. The lowest BCUT2D eigenvalue weighted by Crippen LogP contribution is -2.37. The van der Waals surface area contributed by atoms with Crippen molar-refractivity contribution in [2.24, 2.45) is 0 Å². The van der Waals surface area contributed by atoms with E-state index in [1.54, 1.807) is 0 Å². The molecule has 1 fully saturated rings. The van der Waals surface area contributed by atoms with E-state index < -0.39 is 15.8 Å². The molecule has 7 heteroatoms. The largest absolute Gasteiger partial charge is 0.378 e. The second-order valence-electron chi connectivity index (χ2n) is 6.95. The Hall–Kier alpha value is -1.96. The molecule has 0 amide bonds. The lowest BCUT2D eigenvalue weighted by molar-refractivity contribution is 0.0926. The van der Waals surface area contributed by atoms with E-state index in [1.807, 2.05) is 43.3 Å². The van der Waals surface area contributed by atoms with Crippen molar-refractivity contribution in [3.05, 3.63) is 59.9 Å². The third-order valence-electron chi connectivity index (χ3n) is 4.69. The topological polar surface area (TPSA) is 49.9 Å². The van der Waals surface area contributed by atoms with Crippen LogP contribution >= 0.6 is 0 Å². The van der Waals surface area contributed by atoms with Gasteiger partial charge < -0.3 is 9.64 Å². The molecule has 0 saturated carbocycles. The minimum atomic E-state index is -3.75. The van der Waals surface area contributed by atoms with Gasteiger partial charge >= 0.3 is 0 Å². The van der Waals surface area contributed by atoms with Crippen molar-refractivity contribution in [1.82, 2.24) is 4.31 Å². The molecular formula is C20H25FN2O3S. The Kier molecular flexibility index (Phi) is 6.14. The van der Waals surface area contributed by atoms with Crippen LogP contribution in [-0.2, 0) is 21.3 Å². The summed E-state index contributed by atoms with van der Waals surface area (Å²) < 4.78 is 46.6. The first kappa shape index (κ1) is 19.8. The number of sulfonamides is 1. The molecule has 0 aromatic heterocycles. The van der Waals surface area contributed by atoms with Crippen LogP contribution in [0.5, 0.6) is 0 Å². The summed E-state index contributed by atoms with van der Waals surface area (Å²) in [6, 6.07) is 12.7. The van der Waals surface area contributed by atoms with Crippen LogP contribution in [0, 0.1) is 5.82 Å². The number of nitrogens with zero attached hydrogens (tertiary/aromatic N) is 2. The zero-order valence-corrected chi connectivity index (χ0v) is 16.5. The first-order chi connectivity index (χ1) is 12.9. The van der Waals surface area contributed by atoms with Crippen molar-refractivity contribution in [1.29, 1.82) is 0 Å². The van der Waals surface area contributed by atoms with E-state index in [0.29, 0.717) is 6.61 Å². The van der Waals surface area contributed by atoms with E-state index in [4.69, 9.17) is 4.74 Å². The van der Waals surface area contributed by atoms with Crippen LogP contribution in [0.25, 0.3) is 0 Å². The van der Waals surface area contributed by atoms with E-state index in [-0.39, 0.29) is 24.1 Å². The normalized spacial score (nSPS) is 17.4. The van der Waals surface area contributed by atoms with Crippen LogP contribution in [0.4, 0.5) is 10.1 Å². The molecule has 1 aliphatic rings. The Balaban J connectivity index is 1.86. The standard InChI is InChI=1S/C20H25FN2O3S/c1-22(2)18-9-5-16(6-10-18)14-23(15-19-4-3-13-26-19)27(24,25)20-11-7-17(21)8-12-20/h5-12,19H,3-4,13-15H2,1-2H3/t19-/m1/s1. The lowest BCUT2D eigenvalue weighted by Gasteiger charge is -2.25. The van der Waals surface area contributed by atoms with Crippen LogP contribution in [0.1, 0.15) is 18.4 Å². The highest BCUT2D eigenvalue weighted by Gasteiger charge is 2.29. The van der Waals surface area contributed by atoms with Gasteiger partial charge in [-0.05, 0) is 54.8 Å². The van der Waals surface area contributed by atoms with E-state index in [2.05, 4.69) is 0 Å². The molecule has 0 radical (unpaired) electrons. The van der Waals surface area contributed by atoms with Gasteiger partial charge in [0.2, 0.25) is 10.0 Å². The third-order valence-corrected chi connectivity index (χ3v) is 6.52. The number of anilines is 1. The number of ether oxygens (including phenoxy) is 1. The van der Waals surface area contributed by atoms with Gasteiger partial charge in [-0.25, -0.2) is 12.8 Å². The quantitative estimate of drug-likeness (QED) is 0.726. The van der Waals surface area contributed by atoms with Crippen LogP contribution in [0.3, 0.4) is 0 Å². The van der Waals surface area contributed by atoms with Crippen LogP contribution in [-0.4, -0.2) is 46.1 Å². The number of hydrogen-bond donors (Lipinski definition) is 0. The Morgan fingerprint density at radius 1 is 1.07 bits per heavy atom. The number of benzene rings is 2. The van der Waals surface area contributed by atoms with Gasteiger partial charge in [0.05, 0.1) is 11.0 Å². The highest BCUT2D eigenvalue weighted by Crippen LogP contribution is 2.23. The van der Waals surface area contributed by atoms with Crippen molar-refractivity contribution in [2.75, 3.05) is 32.1 Å². The van der Waals surface area contributed by atoms with E-state index >= 15 is 0 Å². The molecular weight excluding hydrogens is 367 g/mol. The molecule has 2 aromatic carbocycles. The molecule has 1 saturated heterocycles. The highest BCUT2D eigenvalue weighted by molar-refractivity contribution is 7.89. The van der Waals surface area contributed by atoms with Crippen molar-refractivity contribution >= 4 is 15.7 Å². The molecule has 1 atom stereocenters. The molecule has 0 unspecified atom stereocenters. The summed E-state index contributed by atoms with van der Waals surface area (Å²) in [5.74, 6) is -0.459. The summed E-state index contributed by atoms with van der Waals surface area (Å²) in [5, 5.41) is 0. The number of halogens is 1. The predicted octanol–water partition coefficient (Wildman–Crippen LogP) is 3.26. The maximum absolute atomic E-state index is 13.2. The summed E-state index contributed by atoms with van der Waals surface area (Å²) in [6.07, 6.45) is 1.67. The molecule has 146 valence electrons. The highest BCUT2D eigenvalue weighted by atomic mass is 32.2. The minimum Gasteiger partial charge on any atom is -0.378 e. The Morgan fingerprint density at radius 3 is 2.30 bits per heavy atom. The van der Waals surface area contributed by atoms with E-state index in [1.165, 1.54) is 28.6 Å². The van der Waals surface area contributed by atoms with Gasteiger partial charge in [-0.2, -0.15) is 4.31 Å². The Bertz CT molecular complexity index is 846. The van der Waals surface area contributed by atoms with Gasteiger partial charge in [-0.3, -0.25) is 0 Å². The first-order valence-corrected chi connectivity index (χ1v) is 10.4. The van der Waals surface area contributed by atoms with Crippen molar-refractivity contribution in [3.63, 3.8) is 0 Å². The van der Waals surface area contributed by atoms with E-state index in [9.17, 15) is 12.8 Å². The molecule has 1 aliphatic heterocycles. The van der Waals surface area contributed by atoms with Gasteiger partial charge in [-0.1, -0.05) is 12.1 Å². The van der Waals surface area contributed by atoms with Crippen LogP contribution in [0.2, 0.25) is 0 Å². The summed E-state index contributed by atoms with van der Waals surface area (Å²) in [4.78, 5) is 2.08. The SMILES string of the molecule is CN(C)c1ccc(CN(C[C@H]2CCCO2)S(=O)(=O)c2ccc(F)cc2)cc1. The fraction of sp³-hybridized carbons (Fsp3) is 0.400. The molecule has 0 aliphatic carbocycles. The van der Waals surface area contributed by atoms with Crippen molar-refractivity contribution < 1.29 is 17.5 Å². The van der Waals surface area contributed by atoms with Crippen molar-refractivity contribution in [2.45, 2.75) is 30.4 Å². The van der Waals surface area contributed by atoms with Gasteiger partial charge in [-0.15, -0.1) is 0 Å². The predicted molar refractivity (Wildman–Crippen MR) is 104 cm³/mol. The van der Waals surface area contributed by atoms with Gasteiger partial charge in [0, 0.05) is 39.5 Å². The van der Waals surface area contributed by atoms with Gasteiger partial charge in [0.25, 0.3) is 0 Å². The van der Waals surface area contributed by atoms with Crippen LogP contribution in [0.15, 0.2) is 53.4 Å². The summed E-state index contributed by atoms with van der Waals surface area (Å²) in [5.41, 5.74) is 1.94. The summed E-state index contributed by atoms with van der Waals surface area (Å²) >= 11 is 0. The molecule has 0 bridgehead atoms. The maximum Gasteiger partial charge on any atom is 0.243 e. The molecule has 3 rings (SSSR count).